The number of hydrogen-bond donors (Lipinski definition) is 0. The minimum Gasteiger partial charge on any atom is -0.469 e. The summed E-state index contributed by atoms with van der Waals surface area (Å²) in [6, 6.07) is 0. The second-order valence-corrected chi connectivity index (χ2v) is 20.0. The van der Waals surface area contributed by atoms with Crippen LogP contribution in [-0.4, -0.2) is 41.9 Å². The topological polar surface area (TPSA) is 44.8 Å². The summed E-state index contributed by atoms with van der Waals surface area (Å²) in [4.78, 5) is 11.5. The predicted octanol–water partition coefficient (Wildman–Crippen LogP) is 6.30. The molecule has 0 N–H and O–H groups in total. The molecule has 0 saturated heterocycles. The number of ether oxygens (including phenoxy) is 1. The molecule has 0 spiro atoms. The molecule has 0 bridgehead atoms. The maximum atomic E-state index is 11.5. The van der Waals surface area contributed by atoms with E-state index in [1.54, 1.807) is 0 Å². The van der Waals surface area contributed by atoms with E-state index < -0.39 is 16.6 Å². The molecule has 160 valence electrons. The normalized spacial score (nSPS) is 16.0. The maximum Gasteiger partial charge on any atom is 0.305 e. The highest BCUT2D eigenvalue weighted by atomic mass is 28.4. The number of rotatable bonds is 10. The summed E-state index contributed by atoms with van der Waals surface area (Å²) in [5.74, 6) is -0.179. The number of hydrogen-bond acceptors (Lipinski definition) is 4. The fraction of sp³-hybridized carbons (Fsp3) is 0.857. The summed E-state index contributed by atoms with van der Waals surface area (Å²) in [7, 11) is -2.52. The zero-order valence-corrected chi connectivity index (χ0v) is 21.7. The van der Waals surface area contributed by atoms with Gasteiger partial charge in [0.05, 0.1) is 19.3 Å². The van der Waals surface area contributed by atoms with Gasteiger partial charge in [-0.3, -0.25) is 4.79 Å². The zero-order chi connectivity index (χ0) is 21.7. The van der Waals surface area contributed by atoms with Crippen LogP contribution in [0.25, 0.3) is 0 Å². The van der Waals surface area contributed by atoms with Gasteiger partial charge in [-0.2, -0.15) is 0 Å². The summed E-state index contributed by atoms with van der Waals surface area (Å²) < 4.78 is 18.2. The smallest absolute Gasteiger partial charge is 0.305 e. The lowest BCUT2D eigenvalue weighted by molar-refractivity contribution is -0.140. The van der Waals surface area contributed by atoms with Crippen LogP contribution < -0.4 is 0 Å². The third kappa shape index (κ3) is 8.22. The summed E-state index contributed by atoms with van der Waals surface area (Å²) in [5.41, 5.74) is 0. The molecule has 2 atom stereocenters. The van der Waals surface area contributed by atoms with Gasteiger partial charge in [-0.05, 0) is 49.1 Å². The highest BCUT2D eigenvalue weighted by Crippen LogP contribution is 2.41. The molecule has 0 aromatic carbocycles. The number of carbonyl (C=O) groups is 1. The van der Waals surface area contributed by atoms with Crippen LogP contribution in [0.1, 0.15) is 60.8 Å². The zero-order valence-electron chi connectivity index (χ0n) is 19.7. The monoisotopic (exact) mass is 416 g/mol. The Hall–Kier alpha value is -0.436. The summed E-state index contributed by atoms with van der Waals surface area (Å²) in [6.45, 7) is 26.5. The molecule has 0 aliphatic rings. The van der Waals surface area contributed by atoms with Gasteiger partial charge >= 0.3 is 5.97 Å². The largest absolute Gasteiger partial charge is 0.469 e. The van der Waals surface area contributed by atoms with Crippen molar-refractivity contribution >= 4 is 22.6 Å². The van der Waals surface area contributed by atoms with Gasteiger partial charge in [0.25, 0.3) is 0 Å². The maximum absolute atomic E-state index is 11.5. The molecule has 0 aromatic heterocycles. The lowest BCUT2D eigenvalue weighted by atomic mass is 10.1. The molecule has 0 heterocycles. The van der Waals surface area contributed by atoms with E-state index in [0.29, 0.717) is 6.42 Å². The number of methoxy groups -OCH3 is 1. The van der Waals surface area contributed by atoms with Crippen LogP contribution in [0.5, 0.6) is 0 Å². The third-order valence-corrected chi connectivity index (χ3v) is 15.2. The van der Waals surface area contributed by atoms with Crippen LogP contribution in [0, 0.1) is 0 Å². The van der Waals surface area contributed by atoms with Crippen LogP contribution in [0.15, 0.2) is 12.7 Å². The lowest BCUT2D eigenvalue weighted by Crippen LogP contribution is -2.51. The lowest BCUT2D eigenvalue weighted by Gasteiger charge is -2.44. The molecule has 0 unspecified atom stereocenters. The Balaban J connectivity index is 5.51. The van der Waals surface area contributed by atoms with E-state index in [4.69, 9.17) is 13.6 Å². The Kier molecular flexibility index (Phi) is 9.69. The molecule has 0 aromatic rings. The Morgan fingerprint density at radius 1 is 0.963 bits per heavy atom. The molecule has 6 heteroatoms. The van der Waals surface area contributed by atoms with Crippen molar-refractivity contribution in [1.29, 1.82) is 0 Å². The number of esters is 1. The van der Waals surface area contributed by atoms with E-state index in [-0.39, 0.29) is 28.3 Å². The highest BCUT2D eigenvalue weighted by molar-refractivity contribution is 6.74. The van der Waals surface area contributed by atoms with Gasteiger partial charge in [0.1, 0.15) is 0 Å². The molecular formula is C21H44O4Si2. The fourth-order valence-corrected chi connectivity index (χ4v) is 4.83. The molecule has 4 nitrogen and oxygen atoms in total. The fourth-order valence-electron chi connectivity index (χ4n) is 2.19. The minimum atomic E-state index is -1.98. The second kappa shape index (κ2) is 9.85. The molecule has 0 aliphatic heterocycles. The van der Waals surface area contributed by atoms with E-state index in [1.807, 2.05) is 6.08 Å². The van der Waals surface area contributed by atoms with Crippen LogP contribution in [0.3, 0.4) is 0 Å². The van der Waals surface area contributed by atoms with E-state index >= 15 is 0 Å². The van der Waals surface area contributed by atoms with Gasteiger partial charge in [0.15, 0.2) is 16.6 Å². The van der Waals surface area contributed by atoms with Gasteiger partial charge in [0, 0.05) is 6.42 Å². The predicted molar refractivity (Wildman–Crippen MR) is 120 cm³/mol. The van der Waals surface area contributed by atoms with Crippen molar-refractivity contribution < 1.29 is 18.4 Å². The van der Waals surface area contributed by atoms with Crippen LogP contribution in [0.4, 0.5) is 0 Å². The molecule has 0 fully saturated rings. The molecule has 0 saturated carbocycles. The first-order valence-corrected chi connectivity index (χ1v) is 15.8. The van der Waals surface area contributed by atoms with Crippen molar-refractivity contribution in [3.05, 3.63) is 12.7 Å². The molecule has 0 aliphatic carbocycles. The van der Waals surface area contributed by atoms with Crippen molar-refractivity contribution in [2.75, 3.05) is 7.11 Å². The average molecular weight is 417 g/mol. The van der Waals surface area contributed by atoms with Crippen LogP contribution in [-0.2, 0) is 18.4 Å². The van der Waals surface area contributed by atoms with Crippen molar-refractivity contribution in [2.24, 2.45) is 0 Å². The Bertz CT molecular complexity index is 487. The quantitative estimate of drug-likeness (QED) is 0.238. The van der Waals surface area contributed by atoms with Crippen LogP contribution >= 0.6 is 0 Å². The standard InChI is InChI=1S/C21H44O4Si2/c1-13-17(24-26(9,10)20(2,3)4)18(15-14-16-19(22)23-8)25-27(11,12)21(5,6)7/h13,17-18H,1,14-16H2,2-12H3/t17-,18+/m1/s1. The van der Waals surface area contributed by atoms with E-state index in [0.717, 1.165) is 12.8 Å². The minimum absolute atomic E-state index is 0.0952. The first-order valence-electron chi connectivity index (χ1n) is 10.0. The van der Waals surface area contributed by atoms with E-state index in [2.05, 4.69) is 74.3 Å². The van der Waals surface area contributed by atoms with E-state index in [1.165, 1.54) is 7.11 Å². The SMILES string of the molecule is C=C[C@@H](O[Si](C)(C)C(C)(C)C)[C@H](CCCC(=O)OC)O[Si](C)(C)C(C)(C)C. The average Bonchev–Trinajstić information content (AvgIpc) is 2.49. The summed E-state index contributed by atoms with van der Waals surface area (Å²) in [6.07, 6.45) is 3.50. The van der Waals surface area contributed by atoms with Crippen molar-refractivity contribution in [3.8, 4) is 0 Å². The van der Waals surface area contributed by atoms with Crippen molar-refractivity contribution in [1.82, 2.24) is 0 Å². The molecule has 27 heavy (non-hydrogen) atoms. The Labute approximate surface area is 170 Å². The Morgan fingerprint density at radius 2 is 1.41 bits per heavy atom. The highest BCUT2D eigenvalue weighted by Gasteiger charge is 2.43. The Morgan fingerprint density at radius 3 is 1.78 bits per heavy atom. The molecule has 0 radical (unpaired) electrons. The third-order valence-electron chi connectivity index (χ3n) is 6.19. The van der Waals surface area contributed by atoms with Gasteiger partial charge < -0.3 is 13.6 Å². The van der Waals surface area contributed by atoms with Gasteiger partial charge in [-0.25, -0.2) is 0 Å². The second-order valence-electron chi connectivity index (χ2n) is 10.5. The van der Waals surface area contributed by atoms with Gasteiger partial charge in [-0.1, -0.05) is 47.6 Å². The van der Waals surface area contributed by atoms with Crippen LogP contribution in [0.2, 0.25) is 36.3 Å². The van der Waals surface area contributed by atoms with E-state index in [9.17, 15) is 4.79 Å². The molecular weight excluding hydrogens is 372 g/mol. The van der Waals surface area contributed by atoms with Gasteiger partial charge in [-0.15, -0.1) is 6.58 Å². The first-order chi connectivity index (χ1) is 12.0. The van der Waals surface area contributed by atoms with Crippen molar-refractivity contribution in [3.63, 3.8) is 0 Å². The molecule has 0 amide bonds. The summed E-state index contributed by atoms with van der Waals surface area (Å²) >= 11 is 0. The van der Waals surface area contributed by atoms with Crippen molar-refractivity contribution in [2.45, 2.75) is 109 Å². The number of carbonyl (C=O) groups excluding carboxylic acids is 1. The molecule has 0 rings (SSSR count). The first kappa shape index (κ1) is 26.6. The summed E-state index contributed by atoms with van der Waals surface area (Å²) in [5, 5.41) is 0.220. The van der Waals surface area contributed by atoms with Gasteiger partial charge in [0.2, 0.25) is 0 Å².